The lowest BCUT2D eigenvalue weighted by atomic mass is 9.70. The van der Waals surface area contributed by atoms with Crippen molar-refractivity contribution >= 4 is 15.8 Å². The number of methoxy groups -OCH3 is 1. The normalized spacial score (nSPS) is 34.2. The maximum Gasteiger partial charge on any atom is 0.215 e. The third-order valence-electron chi connectivity index (χ3n) is 8.96. The Hall–Kier alpha value is -1.48. The molecule has 184 valence electrons. The second-order valence-corrected chi connectivity index (χ2v) is 13.1. The number of aliphatic hydroxyl groups is 1. The van der Waals surface area contributed by atoms with Crippen LogP contribution in [0.5, 0.6) is 5.75 Å². The molecule has 1 aliphatic heterocycles. The van der Waals surface area contributed by atoms with Crippen LogP contribution in [0.1, 0.15) is 45.1 Å². The first kappa shape index (κ1) is 24.6. The number of nitrogens with zero attached hydrogens (tertiary/aromatic N) is 2. The Labute approximate surface area is 198 Å². The van der Waals surface area contributed by atoms with Crippen molar-refractivity contribution in [3.8, 4) is 5.75 Å². The fourth-order valence-corrected chi connectivity index (χ4v) is 8.93. The third-order valence-corrected chi connectivity index (χ3v) is 10.9. The van der Waals surface area contributed by atoms with Gasteiger partial charge in [0.2, 0.25) is 10.0 Å². The highest BCUT2D eigenvalue weighted by molar-refractivity contribution is 7.89. The van der Waals surface area contributed by atoms with Crippen molar-refractivity contribution in [1.82, 2.24) is 9.21 Å². The molecule has 7 nitrogen and oxygen atoms in total. The van der Waals surface area contributed by atoms with Gasteiger partial charge < -0.3 is 14.7 Å². The quantitative estimate of drug-likeness (QED) is 0.648. The predicted molar refractivity (Wildman–Crippen MR) is 127 cm³/mol. The lowest BCUT2D eigenvalue weighted by Crippen LogP contribution is -2.56. The number of carbonyl (C=O) groups is 1. The van der Waals surface area contributed by atoms with E-state index in [4.69, 9.17) is 4.74 Å². The molecule has 0 radical (unpaired) electrons. The fraction of sp³-hybridized carbons (Fsp3) is 0.720. The van der Waals surface area contributed by atoms with Crippen LogP contribution in [-0.2, 0) is 20.4 Å². The van der Waals surface area contributed by atoms with Crippen LogP contribution in [0.3, 0.4) is 0 Å². The molecule has 8 heteroatoms. The highest BCUT2D eigenvalue weighted by atomic mass is 32.2. The van der Waals surface area contributed by atoms with E-state index in [0.717, 1.165) is 12.0 Å². The molecular formula is C25H38N2O5S. The van der Waals surface area contributed by atoms with Crippen molar-refractivity contribution in [1.29, 1.82) is 0 Å². The molecule has 33 heavy (non-hydrogen) atoms. The number of ether oxygens (including phenoxy) is 1. The maximum atomic E-state index is 13.7. The number of carbonyl (C=O) groups excluding carboxylic acids is 1. The minimum Gasteiger partial charge on any atom is -0.497 e. The van der Waals surface area contributed by atoms with Gasteiger partial charge in [0.15, 0.2) is 0 Å². The van der Waals surface area contributed by atoms with E-state index in [-0.39, 0.29) is 41.9 Å². The molecule has 1 aromatic rings. The Morgan fingerprint density at radius 2 is 1.97 bits per heavy atom. The summed E-state index contributed by atoms with van der Waals surface area (Å²) in [5.74, 6) is 0.623. The molecule has 1 saturated heterocycles. The molecule has 1 heterocycles. The molecule has 2 unspecified atom stereocenters. The lowest BCUT2D eigenvalue weighted by Gasteiger charge is -2.46. The highest BCUT2D eigenvalue weighted by Crippen LogP contribution is 2.64. The van der Waals surface area contributed by atoms with Crippen LogP contribution in [0.15, 0.2) is 24.3 Å². The summed E-state index contributed by atoms with van der Waals surface area (Å²) in [5, 5.41) is 11.8. The van der Waals surface area contributed by atoms with Crippen molar-refractivity contribution in [3.63, 3.8) is 0 Å². The summed E-state index contributed by atoms with van der Waals surface area (Å²) >= 11 is 0. The smallest absolute Gasteiger partial charge is 0.215 e. The number of piperidine rings is 1. The number of fused-ring (bicyclic) bond motifs is 2. The number of ketones is 1. The van der Waals surface area contributed by atoms with Crippen LogP contribution in [0.2, 0.25) is 0 Å². The van der Waals surface area contributed by atoms with Crippen molar-refractivity contribution in [2.75, 3.05) is 46.6 Å². The fourth-order valence-electron chi connectivity index (χ4n) is 6.67. The van der Waals surface area contributed by atoms with E-state index in [0.29, 0.717) is 31.6 Å². The van der Waals surface area contributed by atoms with Gasteiger partial charge in [-0.1, -0.05) is 26.0 Å². The number of sulfonamides is 1. The molecule has 4 rings (SSSR count). The first-order chi connectivity index (χ1) is 15.4. The third kappa shape index (κ3) is 3.93. The van der Waals surface area contributed by atoms with E-state index in [2.05, 4.69) is 13.8 Å². The van der Waals surface area contributed by atoms with Crippen LogP contribution in [0.25, 0.3) is 0 Å². The Morgan fingerprint density at radius 1 is 1.24 bits per heavy atom. The SMILES string of the molecule is COc1cccc(C2(O)CCN(S(=O)(=O)C[C@]34CC[C@H](CC3=O)C4(C)C)CC2CN(C)C)c1. The summed E-state index contributed by atoms with van der Waals surface area (Å²) in [4.78, 5) is 14.9. The minimum absolute atomic E-state index is 0.113. The summed E-state index contributed by atoms with van der Waals surface area (Å²) in [6, 6.07) is 7.41. The molecule has 2 aliphatic carbocycles. The van der Waals surface area contributed by atoms with Gasteiger partial charge in [0.25, 0.3) is 0 Å². The zero-order chi connectivity index (χ0) is 24.2. The minimum atomic E-state index is -3.67. The Kier molecular flexibility index (Phi) is 6.22. The molecule has 2 saturated carbocycles. The van der Waals surface area contributed by atoms with Gasteiger partial charge in [-0.05, 0) is 62.4 Å². The first-order valence-corrected chi connectivity index (χ1v) is 13.5. The zero-order valence-electron chi connectivity index (χ0n) is 20.5. The van der Waals surface area contributed by atoms with Gasteiger partial charge in [-0.2, -0.15) is 0 Å². The van der Waals surface area contributed by atoms with E-state index < -0.39 is 21.0 Å². The molecule has 3 fully saturated rings. The topological polar surface area (TPSA) is 87.1 Å². The molecule has 3 aliphatic rings. The number of rotatable bonds is 7. The van der Waals surface area contributed by atoms with Gasteiger partial charge >= 0.3 is 0 Å². The summed E-state index contributed by atoms with van der Waals surface area (Å²) in [7, 11) is 1.78. The lowest BCUT2D eigenvalue weighted by molar-refractivity contribution is -0.128. The average Bonchev–Trinajstić information content (AvgIpc) is 3.09. The predicted octanol–water partition coefficient (Wildman–Crippen LogP) is 2.49. The monoisotopic (exact) mass is 478 g/mol. The second kappa shape index (κ2) is 8.33. The summed E-state index contributed by atoms with van der Waals surface area (Å²) in [6.45, 7) is 5.13. The van der Waals surface area contributed by atoms with E-state index in [1.54, 1.807) is 7.11 Å². The number of hydrogen-bond acceptors (Lipinski definition) is 6. The van der Waals surface area contributed by atoms with Crippen molar-refractivity contribution < 1.29 is 23.1 Å². The van der Waals surface area contributed by atoms with Crippen molar-refractivity contribution in [3.05, 3.63) is 29.8 Å². The van der Waals surface area contributed by atoms with Gasteiger partial charge in [0, 0.05) is 37.4 Å². The molecule has 0 spiro atoms. The largest absolute Gasteiger partial charge is 0.497 e. The van der Waals surface area contributed by atoms with Crippen LogP contribution in [-0.4, -0.2) is 75.1 Å². The Balaban J connectivity index is 1.61. The van der Waals surface area contributed by atoms with Gasteiger partial charge in [-0.3, -0.25) is 4.79 Å². The number of benzene rings is 1. The Morgan fingerprint density at radius 3 is 2.55 bits per heavy atom. The standard InChI is InChI=1S/C25H38N2O5S/c1-23(2)18-9-10-24(23,22(28)14-18)17-33(30,31)27-12-11-25(29,20(16-27)15-26(3)4)19-7-6-8-21(13-19)32-5/h6-8,13,18,20,29H,9-12,14-17H2,1-5H3/t18-,20?,24-,25?/m1/s1. The molecule has 2 bridgehead atoms. The van der Waals surface area contributed by atoms with Crippen LogP contribution in [0, 0.1) is 22.7 Å². The van der Waals surface area contributed by atoms with Crippen molar-refractivity contribution in [2.45, 2.75) is 45.1 Å². The molecule has 0 aromatic heterocycles. The van der Waals surface area contributed by atoms with Crippen molar-refractivity contribution in [2.24, 2.45) is 22.7 Å². The van der Waals surface area contributed by atoms with E-state index >= 15 is 0 Å². The molecule has 4 atom stereocenters. The van der Waals surface area contributed by atoms with E-state index in [1.807, 2.05) is 43.3 Å². The first-order valence-electron chi connectivity index (χ1n) is 11.9. The van der Waals surface area contributed by atoms with Crippen LogP contribution >= 0.6 is 0 Å². The molecular weight excluding hydrogens is 440 g/mol. The number of Topliss-reactive ketones (excluding diaryl/α,β-unsaturated/α-hetero) is 1. The van der Waals surface area contributed by atoms with Gasteiger partial charge in [0.05, 0.1) is 18.5 Å². The maximum absolute atomic E-state index is 13.7. The van der Waals surface area contributed by atoms with Crippen LogP contribution in [0.4, 0.5) is 0 Å². The van der Waals surface area contributed by atoms with E-state index in [9.17, 15) is 18.3 Å². The second-order valence-electron chi connectivity index (χ2n) is 11.1. The van der Waals surface area contributed by atoms with Crippen LogP contribution < -0.4 is 4.74 Å². The Bertz CT molecular complexity index is 1020. The van der Waals surface area contributed by atoms with Gasteiger partial charge in [0.1, 0.15) is 11.5 Å². The van der Waals surface area contributed by atoms with E-state index in [1.165, 1.54) is 4.31 Å². The summed E-state index contributed by atoms with van der Waals surface area (Å²) in [5.41, 5.74) is -1.50. The highest BCUT2D eigenvalue weighted by Gasteiger charge is 2.65. The average molecular weight is 479 g/mol. The van der Waals surface area contributed by atoms with Gasteiger partial charge in [-0.15, -0.1) is 0 Å². The number of hydrogen-bond donors (Lipinski definition) is 1. The molecule has 1 N–H and O–H groups in total. The molecule has 0 amide bonds. The van der Waals surface area contributed by atoms with Gasteiger partial charge in [-0.25, -0.2) is 12.7 Å². The summed E-state index contributed by atoms with van der Waals surface area (Å²) in [6.07, 6.45) is 2.38. The zero-order valence-corrected chi connectivity index (χ0v) is 21.3. The summed E-state index contributed by atoms with van der Waals surface area (Å²) < 4.78 is 34.3. The molecule has 1 aromatic carbocycles.